The van der Waals surface area contributed by atoms with Gasteiger partial charge in [-0.2, -0.15) is 0 Å². The highest BCUT2D eigenvalue weighted by Gasteiger charge is 2.39. The van der Waals surface area contributed by atoms with Crippen molar-refractivity contribution in [3.63, 3.8) is 0 Å². The molecule has 1 saturated heterocycles. The predicted molar refractivity (Wildman–Crippen MR) is 86.0 cm³/mol. The molecule has 0 aromatic carbocycles. The van der Waals surface area contributed by atoms with E-state index in [0.717, 1.165) is 13.0 Å². The van der Waals surface area contributed by atoms with Crippen LogP contribution in [-0.4, -0.2) is 35.3 Å². The molecule has 2 amide bonds. The monoisotopic (exact) mass is 296 g/mol. The zero-order valence-electron chi connectivity index (χ0n) is 14.0. The van der Waals surface area contributed by atoms with Gasteiger partial charge in [-0.25, -0.2) is 0 Å². The fraction of sp³-hybridized carbons (Fsp3) is 0.882. The molecule has 0 spiro atoms. The van der Waals surface area contributed by atoms with Crippen LogP contribution in [0.1, 0.15) is 78.6 Å². The summed E-state index contributed by atoms with van der Waals surface area (Å²) in [4.78, 5) is 25.2. The van der Waals surface area contributed by atoms with Gasteiger partial charge in [0.15, 0.2) is 0 Å². The van der Waals surface area contributed by atoms with Crippen molar-refractivity contribution >= 4 is 11.8 Å². The summed E-state index contributed by atoms with van der Waals surface area (Å²) in [6, 6.07) is -0.315. The normalized spacial score (nSPS) is 19.0. The zero-order valence-corrected chi connectivity index (χ0v) is 14.0. The van der Waals surface area contributed by atoms with Gasteiger partial charge in [-0.1, -0.05) is 51.9 Å². The minimum Gasteiger partial charge on any atom is -0.305 e. The summed E-state index contributed by atoms with van der Waals surface area (Å²) < 4.78 is 0. The Morgan fingerprint density at radius 1 is 1.05 bits per heavy atom. The van der Waals surface area contributed by atoms with Gasteiger partial charge in [-0.3, -0.25) is 14.5 Å². The fourth-order valence-electron chi connectivity index (χ4n) is 2.89. The predicted octanol–water partition coefficient (Wildman–Crippen LogP) is 3.25. The summed E-state index contributed by atoms with van der Waals surface area (Å²) in [7, 11) is 0. The number of hydrogen-bond donors (Lipinski definition) is 1. The number of nitrogens with one attached hydrogen (secondary N) is 1. The highest BCUT2D eigenvalue weighted by Crippen LogP contribution is 2.16. The lowest BCUT2D eigenvalue weighted by atomic mass is 10.1. The van der Waals surface area contributed by atoms with Gasteiger partial charge in [0.2, 0.25) is 11.8 Å². The number of imide groups is 1. The van der Waals surface area contributed by atoms with Gasteiger partial charge in [0.05, 0.1) is 12.5 Å². The summed E-state index contributed by atoms with van der Waals surface area (Å²) >= 11 is 0. The van der Waals surface area contributed by atoms with Gasteiger partial charge < -0.3 is 5.32 Å². The first-order valence-corrected chi connectivity index (χ1v) is 8.67. The largest absolute Gasteiger partial charge is 0.305 e. The molecule has 1 aliphatic rings. The van der Waals surface area contributed by atoms with Crippen molar-refractivity contribution in [2.75, 3.05) is 6.54 Å². The number of likely N-dealkylation sites (tertiary alicyclic amines) is 1. The molecule has 0 saturated carbocycles. The lowest BCUT2D eigenvalue weighted by Gasteiger charge is -2.19. The molecule has 0 radical (unpaired) electrons. The molecule has 1 N–H and O–H groups in total. The standard InChI is InChI=1S/C17H32N2O2/c1-4-5-6-7-8-9-10-11-12-18-15-13-16(20)19(14(2)3)17(15)21/h14-15,18H,4-13H2,1-3H3. The van der Waals surface area contributed by atoms with Gasteiger partial charge >= 0.3 is 0 Å². The minimum atomic E-state index is -0.288. The third kappa shape index (κ3) is 6.16. The second-order valence-electron chi connectivity index (χ2n) is 6.38. The molecular weight excluding hydrogens is 264 g/mol. The van der Waals surface area contributed by atoms with Crippen molar-refractivity contribution in [3.8, 4) is 0 Å². The van der Waals surface area contributed by atoms with E-state index in [1.807, 2.05) is 13.8 Å². The lowest BCUT2D eigenvalue weighted by molar-refractivity contribution is -0.140. The molecule has 0 bridgehead atoms. The van der Waals surface area contributed by atoms with E-state index < -0.39 is 0 Å². The van der Waals surface area contributed by atoms with Crippen LogP contribution in [0.5, 0.6) is 0 Å². The zero-order chi connectivity index (χ0) is 15.7. The van der Waals surface area contributed by atoms with E-state index in [-0.39, 0.29) is 23.9 Å². The summed E-state index contributed by atoms with van der Waals surface area (Å²) in [6.07, 6.45) is 10.6. The average molecular weight is 296 g/mol. The number of unbranched alkanes of at least 4 members (excludes halogenated alkanes) is 7. The number of nitrogens with zero attached hydrogens (tertiary/aromatic N) is 1. The first-order valence-electron chi connectivity index (χ1n) is 8.67. The summed E-state index contributed by atoms with van der Waals surface area (Å²) in [5.74, 6) is -0.0852. The molecule has 1 atom stereocenters. The first-order chi connectivity index (χ1) is 10.1. The maximum Gasteiger partial charge on any atom is 0.247 e. The summed E-state index contributed by atoms with van der Waals surface area (Å²) in [6.45, 7) is 6.85. The Hall–Kier alpha value is -0.900. The highest BCUT2D eigenvalue weighted by atomic mass is 16.2. The van der Waals surface area contributed by atoms with Crippen molar-refractivity contribution < 1.29 is 9.59 Å². The van der Waals surface area contributed by atoms with Crippen molar-refractivity contribution in [3.05, 3.63) is 0 Å². The van der Waals surface area contributed by atoms with E-state index in [1.165, 1.54) is 49.8 Å². The molecule has 4 nitrogen and oxygen atoms in total. The number of hydrogen-bond acceptors (Lipinski definition) is 3. The molecule has 0 aliphatic carbocycles. The molecule has 1 heterocycles. The Bertz CT molecular complexity index is 329. The van der Waals surface area contributed by atoms with Crippen LogP contribution in [0.4, 0.5) is 0 Å². The van der Waals surface area contributed by atoms with E-state index in [1.54, 1.807) is 0 Å². The molecule has 1 rings (SSSR count). The summed E-state index contributed by atoms with van der Waals surface area (Å²) in [5.41, 5.74) is 0. The van der Waals surface area contributed by atoms with E-state index in [4.69, 9.17) is 0 Å². The molecular formula is C17H32N2O2. The fourth-order valence-corrected chi connectivity index (χ4v) is 2.89. The van der Waals surface area contributed by atoms with E-state index in [9.17, 15) is 9.59 Å². The molecule has 1 aliphatic heterocycles. The Labute approximate surface area is 129 Å². The molecule has 122 valence electrons. The minimum absolute atomic E-state index is 0.0279. The quantitative estimate of drug-likeness (QED) is 0.470. The second kappa shape index (κ2) is 9.93. The van der Waals surface area contributed by atoms with E-state index >= 15 is 0 Å². The molecule has 4 heteroatoms. The third-order valence-electron chi connectivity index (χ3n) is 4.12. The van der Waals surface area contributed by atoms with Crippen LogP contribution in [-0.2, 0) is 9.59 Å². The molecule has 0 aromatic rings. The second-order valence-corrected chi connectivity index (χ2v) is 6.38. The Morgan fingerprint density at radius 3 is 2.14 bits per heavy atom. The maximum absolute atomic E-state index is 12.1. The average Bonchev–Trinajstić information content (AvgIpc) is 2.71. The lowest BCUT2D eigenvalue weighted by Crippen LogP contribution is -2.42. The van der Waals surface area contributed by atoms with Crippen molar-refractivity contribution in [1.82, 2.24) is 10.2 Å². The van der Waals surface area contributed by atoms with Crippen LogP contribution in [0, 0.1) is 0 Å². The van der Waals surface area contributed by atoms with Crippen LogP contribution in [0.2, 0.25) is 0 Å². The van der Waals surface area contributed by atoms with Gasteiger partial charge in [-0.05, 0) is 26.8 Å². The van der Waals surface area contributed by atoms with E-state index in [2.05, 4.69) is 12.2 Å². The van der Waals surface area contributed by atoms with Crippen molar-refractivity contribution in [2.45, 2.75) is 90.6 Å². The van der Waals surface area contributed by atoms with Crippen LogP contribution in [0.15, 0.2) is 0 Å². The molecule has 21 heavy (non-hydrogen) atoms. The Kier molecular flexibility index (Phi) is 8.58. The number of carbonyl (C=O) groups excluding carboxylic acids is 2. The number of amides is 2. The molecule has 0 aromatic heterocycles. The Morgan fingerprint density at radius 2 is 1.62 bits per heavy atom. The van der Waals surface area contributed by atoms with Crippen LogP contribution in [0.25, 0.3) is 0 Å². The molecule has 1 unspecified atom stereocenters. The first kappa shape index (κ1) is 18.1. The van der Waals surface area contributed by atoms with Gasteiger partial charge in [-0.15, -0.1) is 0 Å². The smallest absolute Gasteiger partial charge is 0.247 e. The van der Waals surface area contributed by atoms with E-state index in [0.29, 0.717) is 6.42 Å². The van der Waals surface area contributed by atoms with Crippen LogP contribution < -0.4 is 5.32 Å². The van der Waals surface area contributed by atoms with Gasteiger partial charge in [0.25, 0.3) is 0 Å². The van der Waals surface area contributed by atoms with Crippen molar-refractivity contribution in [2.24, 2.45) is 0 Å². The maximum atomic E-state index is 12.1. The van der Waals surface area contributed by atoms with Crippen molar-refractivity contribution in [1.29, 1.82) is 0 Å². The van der Waals surface area contributed by atoms with Crippen LogP contribution in [0.3, 0.4) is 0 Å². The van der Waals surface area contributed by atoms with Crippen LogP contribution >= 0.6 is 0 Å². The SMILES string of the molecule is CCCCCCCCCCNC1CC(=O)N(C(C)C)C1=O. The topological polar surface area (TPSA) is 49.4 Å². The molecule has 1 fully saturated rings. The highest BCUT2D eigenvalue weighted by molar-refractivity contribution is 6.05. The number of carbonyl (C=O) groups is 2. The Balaban J connectivity index is 2.06. The number of rotatable bonds is 11. The third-order valence-corrected chi connectivity index (χ3v) is 4.12. The summed E-state index contributed by atoms with van der Waals surface area (Å²) in [5, 5.41) is 3.25. The van der Waals surface area contributed by atoms with Gasteiger partial charge in [0.1, 0.15) is 0 Å². The van der Waals surface area contributed by atoms with Gasteiger partial charge in [0, 0.05) is 6.04 Å².